The second kappa shape index (κ2) is 6.30. The lowest BCUT2D eigenvalue weighted by molar-refractivity contribution is -0.0159. The highest BCUT2D eigenvalue weighted by molar-refractivity contribution is 8.13. The lowest BCUT2D eigenvalue weighted by Gasteiger charge is -2.22. The zero-order chi connectivity index (χ0) is 14.8. The minimum atomic E-state index is -3.92. The fraction of sp³-hybridized carbons (Fsp3) is 0.417. The third-order valence-electron chi connectivity index (χ3n) is 2.88. The number of halogens is 2. The van der Waals surface area contributed by atoms with Crippen LogP contribution in [0.3, 0.4) is 0 Å². The third-order valence-corrected chi connectivity index (χ3v) is 4.56. The number of hydrogen-bond donors (Lipinski definition) is 0. The predicted molar refractivity (Wildman–Crippen MR) is 73.7 cm³/mol. The van der Waals surface area contributed by atoms with Gasteiger partial charge in [0.15, 0.2) is 0 Å². The molecule has 0 aromatic heterocycles. The molecule has 0 saturated carbocycles. The van der Waals surface area contributed by atoms with Crippen LogP contribution in [-0.4, -0.2) is 33.7 Å². The van der Waals surface area contributed by atoms with Crippen molar-refractivity contribution in [3.63, 3.8) is 0 Å². The molecule has 1 aromatic rings. The number of ether oxygens (including phenoxy) is 2. The van der Waals surface area contributed by atoms with E-state index in [-0.39, 0.29) is 21.6 Å². The molecule has 1 aromatic carbocycles. The first-order valence-electron chi connectivity index (χ1n) is 5.91. The van der Waals surface area contributed by atoms with Crippen LogP contribution >= 0.6 is 22.3 Å². The number of hydrogen-bond acceptors (Lipinski definition) is 5. The number of carbonyl (C=O) groups is 1. The van der Waals surface area contributed by atoms with Gasteiger partial charge in [-0.25, -0.2) is 13.2 Å². The zero-order valence-electron chi connectivity index (χ0n) is 10.3. The second-order valence-corrected chi connectivity index (χ2v) is 7.27. The lowest BCUT2D eigenvalue weighted by atomic mass is 10.1. The monoisotopic (exact) mass is 338 g/mol. The molecule has 0 amide bonds. The average molecular weight is 339 g/mol. The van der Waals surface area contributed by atoms with E-state index >= 15 is 0 Å². The summed E-state index contributed by atoms with van der Waals surface area (Å²) in [6.45, 7) is 1.06. The fourth-order valence-electron chi connectivity index (χ4n) is 1.82. The van der Waals surface area contributed by atoms with Crippen LogP contribution in [-0.2, 0) is 18.5 Å². The summed E-state index contributed by atoms with van der Waals surface area (Å²) < 4.78 is 33.0. The Labute approximate surface area is 126 Å². The van der Waals surface area contributed by atoms with Gasteiger partial charge in [0, 0.05) is 23.5 Å². The molecule has 1 saturated heterocycles. The topological polar surface area (TPSA) is 69.7 Å². The van der Waals surface area contributed by atoms with E-state index in [0.717, 1.165) is 6.07 Å². The van der Waals surface area contributed by atoms with Crippen LogP contribution in [0.5, 0.6) is 0 Å². The molecule has 1 aliphatic rings. The third kappa shape index (κ3) is 3.85. The van der Waals surface area contributed by atoms with Gasteiger partial charge in [0.25, 0.3) is 9.05 Å². The molecule has 5 nitrogen and oxygen atoms in total. The highest BCUT2D eigenvalue weighted by Crippen LogP contribution is 2.24. The Hall–Kier alpha value is -0.820. The number of rotatable bonds is 3. The molecule has 1 fully saturated rings. The Morgan fingerprint density at radius 1 is 1.30 bits per heavy atom. The second-order valence-electron chi connectivity index (χ2n) is 4.30. The lowest BCUT2D eigenvalue weighted by Crippen LogP contribution is -2.26. The molecule has 1 aliphatic heterocycles. The maximum Gasteiger partial charge on any atom is 0.339 e. The highest BCUT2D eigenvalue weighted by Gasteiger charge is 2.22. The summed E-state index contributed by atoms with van der Waals surface area (Å²) in [4.78, 5) is 11.8. The van der Waals surface area contributed by atoms with E-state index in [1.54, 1.807) is 0 Å². The first kappa shape index (κ1) is 15.6. The van der Waals surface area contributed by atoms with E-state index in [1.165, 1.54) is 12.1 Å². The summed E-state index contributed by atoms with van der Waals surface area (Å²) in [6.07, 6.45) is 0.969. The van der Waals surface area contributed by atoms with Crippen molar-refractivity contribution < 1.29 is 22.7 Å². The molecule has 0 spiro atoms. The fourth-order valence-corrected chi connectivity index (χ4v) is 2.79. The summed E-state index contributed by atoms with van der Waals surface area (Å²) in [6, 6.07) is 3.65. The molecule has 0 unspecified atom stereocenters. The van der Waals surface area contributed by atoms with E-state index < -0.39 is 15.0 Å². The smallest absolute Gasteiger partial charge is 0.339 e. The van der Waals surface area contributed by atoms with E-state index in [4.69, 9.17) is 31.8 Å². The molecular formula is C12H12Cl2O5S. The normalized spacial score (nSPS) is 16.9. The van der Waals surface area contributed by atoms with Gasteiger partial charge in [0.05, 0.1) is 28.7 Å². The largest absolute Gasteiger partial charge is 0.459 e. The van der Waals surface area contributed by atoms with Crippen LogP contribution in [0.4, 0.5) is 0 Å². The molecule has 1 heterocycles. The first-order valence-corrected chi connectivity index (χ1v) is 8.59. The van der Waals surface area contributed by atoms with Gasteiger partial charge in [0.2, 0.25) is 0 Å². The molecule has 0 bridgehead atoms. The maximum atomic E-state index is 12.0. The van der Waals surface area contributed by atoms with Gasteiger partial charge in [-0.2, -0.15) is 0 Å². The maximum absolute atomic E-state index is 12.0. The van der Waals surface area contributed by atoms with E-state index in [0.29, 0.717) is 26.1 Å². The average Bonchev–Trinajstić information content (AvgIpc) is 2.39. The van der Waals surface area contributed by atoms with Gasteiger partial charge in [-0.05, 0) is 18.2 Å². The van der Waals surface area contributed by atoms with Crippen molar-refractivity contribution in [2.75, 3.05) is 13.2 Å². The van der Waals surface area contributed by atoms with Crippen molar-refractivity contribution in [1.82, 2.24) is 0 Å². The molecule has 0 atom stereocenters. The number of benzene rings is 1. The molecule has 20 heavy (non-hydrogen) atoms. The van der Waals surface area contributed by atoms with Crippen LogP contribution in [0.25, 0.3) is 0 Å². The quantitative estimate of drug-likeness (QED) is 0.625. The van der Waals surface area contributed by atoms with Crippen LogP contribution in [0.15, 0.2) is 23.1 Å². The van der Waals surface area contributed by atoms with E-state index in [1.807, 2.05) is 0 Å². The van der Waals surface area contributed by atoms with Crippen molar-refractivity contribution in [2.45, 2.75) is 23.8 Å². The standard InChI is InChI=1S/C12H12Cl2O5S/c13-11-2-1-9(20(14,16)17)7-10(11)12(15)19-8-3-5-18-6-4-8/h1-2,7-8H,3-6H2. The minimum absolute atomic E-state index is 0.0140. The summed E-state index contributed by atoms with van der Waals surface area (Å²) in [7, 11) is 1.32. The molecule has 0 radical (unpaired) electrons. The summed E-state index contributed by atoms with van der Waals surface area (Å²) in [5.74, 6) is -0.663. The van der Waals surface area contributed by atoms with Gasteiger partial charge in [0.1, 0.15) is 6.10 Å². The Balaban J connectivity index is 2.20. The Bertz CT molecular complexity index is 608. The summed E-state index contributed by atoms with van der Waals surface area (Å²) >= 11 is 5.90. The molecular weight excluding hydrogens is 327 g/mol. The van der Waals surface area contributed by atoms with Gasteiger partial charge < -0.3 is 9.47 Å². The molecule has 8 heteroatoms. The Morgan fingerprint density at radius 3 is 2.55 bits per heavy atom. The van der Waals surface area contributed by atoms with Gasteiger partial charge >= 0.3 is 5.97 Å². The summed E-state index contributed by atoms with van der Waals surface area (Å²) in [5, 5.41) is 0.117. The van der Waals surface area contributed by atoms with Crippen LogP contribution < -0.4 is 0 Å². The molecule has 0 aliphatic carbocycles. The van der Waals surface area contributed by atoms with Crippen LogP contribution in [0.2, 0.25) is 5.02 Å². The van der Waals surface area contributed by atoms with E-state index in [9.17, 15) is 13.2 Å². The zero-order valence-corrected chi connectivity index (χ0v) is 12.7. The van der Waals surface area contributed by atoms with Crippen molar-refractivity contribution in [3.8, 4) is 0 Å². The highest BCUT2D eigenvalue weighted by atomic mass is 35.7. The van der Waals surface area contributed by atoms with Crippen molar-refractivity contribution in [2.24, 2.45) is 0 Å². The minimum Gasteiger partial charge on any atom is -0.459 e. The predicted octanol–water partition coefficient (Wildman–Crippen LogP) is 2.60. The van der Waals surface area contributed by atoms with Gasteiger partial charge in [-0.15, -0.1) is 0 Å². The number of carbonyl (C=O) groups excluding carboxylic acids is 1. The SMILES string of the molecule is O=C(OC1CCOCC1)c1cc(S(=O)(=O)Cl)ccc1Cl. The van der Waals surface area contributed by atoms with Crippen molar-refractivity contribution >= 4 is 37.3 Å². The van der Waals surface area contributed by atoms with Crippen LogP contribution in [0.1, 0.15) is 23.2 Å². The molecule has 110 valence electrons. The van der Waals surface area contributed by atoms with Gasteiger partial charge in [-0.1, -0.05) is 11.6 Å². The molecule has 0 N–H and O–H groups in total. The molecule has 2 rings (SSSR count). The van der Waals surface area contributed by atoms with E-state index in [2.05, 4.69) is 0 Å². The Kier molecular flexibility index (Phi) is 4.90. The number of esters is 1. The van der Waals surface area contributed by atoms with Crippen molar-refractivity contribution in [3.05, 3.63) is 28.8 Å². The Morgan fingerprint density at radius 2 is 1.95 bits per heavy atom. The van der Waals surface area contributed by atoms with Crippen molar-refractivity contribution in [1.29, 1.82) is 0 Å². The summed E-state index contributed by atoms with van der Waals surface area (Å²) in [5.41, 5.74) is -0.0140. The van der Waals surface area contributed by atoms with Crippen LogP contribution in [0, 0.1) is 0 Å². The van der Waals surface area contributed by atoms with Gasteiger partial charge in [-0.3, -0.25) is 0 Å². The first-order chi connectivity index (χ1) is 9.38.